The number of nitrogens with zero attached hydrogens (tertiary/aromatic N) is 4. The van der Waals surface area contributed by atoms with Crippen LogP contribution in [0.2, 0.25) is 0 Å². The van der Waals surface area contributed by atoms with Crippen molar-refractivity contribution in [3.05, 3.63) is 64.7 Å². The molecule has 0 aliphatic carbocycles. The molecule has 0 radical (unpaired) electrons. The van der Waals surface area contributed by atoms with Gasteiger partial charge in [0.25, 0.3) is 5.56 Å². The van der Waals surface area contributed by atoms with Gasteiger partial charge < -0.3 is 9.64 Å². The van der Waals surface area contributed by atoms with Crippen molar-refractivity contribution in [1.82, 2.24) is 18.8 Å². The lowest BCUT2D eigenvalue weighted by atomic mass is 10.2. The minimum Gasteiger partial charge on any atom is -0.497 e. The Bertz CT molecular complexity index is 1290. The summed E-state index contributed by atoms with van der Waals surface area (Å²) >= 11 is 0. The van der Waals surface area contributed by atoms with E-state index in [1.165, 1.54) is 4.31 Å². The fourth-order valence-corrected chi connectivity index (χ4v) is 5.73. The van der Waals surface area contributed by atoms with Crippen molar-refractivity contribution in [2.75, 3.05) is 39.8 Å². The maximum atomic E-state index is 13.1. The van der Waals surface area contributed by atoms with Crippen molar-refractivity contribution in [3.63, 3.8) is 0 Å². The number of aromatic nitrogens is 2. The molecule has 8 nitrogen and oxygen atoms in total. The summed E-state index contributed by atoms with van der Waals surface area (Å²) in [4.78, 5) is 20.4. The summed E-state index contributed by atoms with van der Waals surface area (Å²) in [5.41, 5.74) is 0.725. The van der Waals surface area contributed by atoms with Crippen LogP contribution in [0.1, 0.15) is 19.7 Å². The van der Waals surface area contributed by atoms with Gasteiger partial charge in [-0.25, -0.2) is 13.4 Å². The maximum absolute atomic E-state index is 13.1. The maximum Gasteiger partial charge on any atom is 0.261 e. The number of piperazine rings is 1. The van der Waals surface area contributed by atoms with Crippen LogP contribution in [-0.4, -0.2) is 67.0 Å². The van der Waals surface area contributed by atoms with Crippen molar-refractivity contribution in [1.29, 1.82) is 0 Å². The van der Waals surface area contributed by atoms with Gasteiger partial charge in [0.05, 0.1) is 22.9 Å². The number of hydrogen-bond donors (Lipinski definition) is 0. The van der Waals surface area contributed by atoms with Crippen LogP contribution in [-0.2, 0) is 23.0 Å². The SMILES string of the molecule is COc1ccc(S(=O)(=O)N2CCN(CCc3nc4ccccc4c(=O)n3CC(C)C)CC2)cc1. The Hall–Kier alpha value is -2.75. The van der Waals surface area contributed by atoms with E-state index in [-0.39, 0.29) is 10.5 Å². The van der Waals surface area contributed by atoms with Gasteiger partial charge in [-0.3, -0.25) is 9.36 Å². The van der Waals surface area contributed by atoms with Gasteiger partial charge in [-0.1, -0.05) is 26.0 Å². The summed E-state index contributed by atoms with van der Waals surface area (Å²) in [5, 5.41) is 0.643. The van der Waals surface area contributed by atoms with E-state index in [2.05, 4.69) is 18.7 Å². The first-order valence-electron chi connectivity index (χ1n) is 11.6. The molecule has 1 saturated heterocycles. The number of para-hydroxylation sites is 1. The normalized spacial score (nSPS) is 15.8. The Labute approximate surface area is 200 Å². The summed E-state index contributed by atoms with van der Waals surface area (Å²) in [6, 6.07) is 14.0. The van der Waals surface area contributed by atoms with E-state index in [4.69, 9.17) is 9.72 Å². The number of fused-ring (bicyclic) bond motifs is 1. The molecule has 1 aliphatic heterocycles. The van der Waals surface area contributed by atoms with E-state index in [1.54, 1.807) is 35.9 Å². The van der Waals surface area contributed by atoms with Crippen molar-refractivity contribution in [3.8, 4) is 5.75 Å². The third kappa shape index (κ3) is 5.16. The van der Waals surface area contributed by atoms with E-state index in [0.29, 0.717) is 56.2 Å². The van der Waals surface area contributed by atoms with E-state index in [0.717, 1.165) is 17.9 Å². The first kappa shape index (κ1) is 24.4. The highest BCUT2D eigenvalue weighted by Gasteiger charge is 2.28. The smallest absolute Gasteiger partial charge is 0.261 e. The van der Waals surface area contributed by atoms with Crippen LogP contribution in [0.4, 0.5) is 0 Å². The number of ether oxygens (including phenoxy) is 1. The molecular weight excluding hydrogens is 452 g/mol. The molecule has 4 rings (SSSR count). The minimum absolute atomic E-state index is 0.00436. The highest BCUT2D eigenvalue weighted by Crippen LogP contribution is 2.21. The van der Waals surface area contributed by atoms with Gasteiger partial charge in [0.1, 0.15) is 11.6 Å². The average molecular weight is 485 g/mol. The van der Waals surface area contributed by atoms with E-state index >= 15 is 0 Å². The molecule has 1 aliphatic rings. The van der Waals surface area contributed by atoms with Crippen LogP contribution < -0.4 is 10.3 Å². The van der Waals surface area contributed by atoms with E-state index in [1.807, 2.05) is 24.3 Å². The molecule has 182 valence electrons. The topological polar surface area (TPSA) is 84.7 Å². The zero-order valence-electron chi connectivity index (χ0n) is 20.0. The predicted molar refractivity (Wildman–Crippen MR) is 133 cm³/mol. The Morgan fingerprint density at radius 3 is 2.32 bits per heavy atom. The van der Waals surface area contributed by atoms with E-state index < -0.39 is 10.0 Å². The number of benzene rings is 2. The number of rotatable bonds is 8. The summed E-state index contributed by atoms with van der Waals surface area (Å²) in [6.45, 7) is 7.66. The lowest BCUT2D eigenvalue weighted by molar-refractivity contribution is 0.188. The van der Waals surface area contributed by atoms with Crippen molar-refractivity contribution in [2.24, 2.45) is 5.92 Å². The third-order valence-corrected chi connectivity index (χ3v) is 8.08. The monoisotopic (exact) mass is 484 g/mol. The summed E-state index contributed by atoms with van der Waals surface area (Å²) < 4.78 is 34.5. The third-order valence-electron chi connectivity index (χ3n) is 6.17. The molecule has 3 aromatic rings. The van der Waals surface area contributed by atoms with Crippen molar-refractivity contribution >= 4 is 20.9 Å². The van der Waals surface area contributed by atoms with Crippen molar-refractivity contribution in [2.45, 2.75) is 31.7 Å². The van der Waals surface area contributed by atoms with Gasteiger partial charge in [0, 0.05) is 45.7 Å². The van der Waals surface area contributed by atoms with Crippen LogP contribution in [0, 0.1) is 5.92 Å². The Morgan fingerprint density at radius 1 is 1.00 bits per heavy atom. The standard InChI is InChI=1S/C25H32N4O4S/c1-19(2)18-29-24(26-23-7-5-4-6-22(23)25(29)30)12-13-27-14-16-28(17-15-27)34(31,32)21-10-8-20(33-3)9-11-21/h4-11,19H,12-18H2,1-3H3. The van der Waals surface area contributed by atoms with Crippen LogP contribution in [0.3, 0.4) is 0 Å². The van der Waals surface area contributed by atoms with Gasteiger partial charge in [0.15, 0.2) is 0 Å². The Balaban J connectivity index is 1.43. The van der Waals surface area contributed by atoms with E-state index in [9.17, 15) is 13.2 Å². The number of methoxy groups -OCH3 is 1. The fourth-order valence-electron chi connectivity index (χ4n) is 4.31. The van der Waals surface area contributed by atoms with Crippen molar-refractivity contribution < 1.29 is 13.2 Å². The number of sulfonamides is 1. The fraction of sp³-hybridized carbons (Fsp3) is 0.440. The van der Waals surface area contributed by atoms with Gasteiger partial charge in [-0.15, -0.1) is 0 Å². The summed E-state index contributed by atoms with van der Waals surface area (Å²) in [5.74, 6) is 1.74. The van der Waals surface area contributed by atoms with Gasteiger partial charge in [-0.05, 0) is 42.3 Å². The predicted octanol–water partition coefficient (Wildman–Crippen LogP) is 2.61. The molecule has 0 unspecified atom stereocenters. The van der Waals surface area contributed by atoms with Crippen LogP contribution in [0.25, 0.3) is 10.9 Å². The molecule has 0 bridgehead atoms. The molecular formula is C25H32N4O4S. The highest BCUT2D eigenvalue weighted by molar-refractivity contribution is 7.89. The molecule has 34 heavy (non-hydrogen) atoms. The Kier molecular flexibility index (Phi) is 7.35. The van der Waals surface area contributed by atoms with Crippen LogP contribution in [0.5, 0.6) is 5.75 Å². The lowest BCUT2D eigenvalue weighted by Crippen LogP contribution is -2.49. The molecule has 0 saturated carbocycles. The second kappa shape index (κ2) is 10.2. The first-order valence-corrected chi connectivity index (χ1v) is 13.1. The largest absolute Gasteiger partial charge is 0.497 e. The molecule has 0 atom stereocenters. The van der Waals surface area contributed by atoms with Crippen LogP contribution >= 0.6 is 0 Å². The summed E-state index contributed by atoms with van der Waals surface area (Å²) in [6.07, 6.45) is 0.637. The summed E-state index contributed by atoms with van der Waals surface area (Å²) in [7, 11) is -1.98. The number of hydrogen-bond acceptors (Lipinski definition) is 6. The zero-order valence-corrected chi connectivity index (χ0v) is 20.8. The minimum atomic E-state index is -3.53. The average Bonchev–Trinajstić information content (AvgIpc) is 2.85. The molecule has 9 heteroatoms. The van der Waals surface area contributed by atoms with Crippen LogP contribution in [0.15, 0.2) is 58.2 Å². The van der Waals surface area contributed by atoms with Gasteiger partial charge in [0.2, 0.25) is 10.0 Å². The molecule has 2 aromatic carbocycles. The second-order valence-electron chi connectivity index (χ2n) is 9.03. The molecule has 0 N–H and O–H groups in total. The zero-order chi connectivity index (χ0) is 24.3. The molecule has 0 amide bonds. The highest BCUT2D eigenvalue weighted by atomic mass is 32.2. The second-order valence-corrected chi connectivity index (χ2v) is 11.0. The molecule has 0 spiro atoms. The van der Waals surface area contributed by atoms with Gasteiger partial charge in [-0.2, -0.15) is 4.31 Å². The molecule has 1 fully saturated rings. The molecule has 2 heterocycles. The molecule has 1 aromatic heterocycles. The quantitative estimate of drug-likeness (QED) is 0.489. The first-order chi connectivity index (χ1) is 16.3. The lowest BCUT2D eigenvalue weighted by Gasteiger charge is -2.34. The Morgan fingerprint density at radius 2 is 1.68 bits per heavy atom. The van der Waals surface area contributed by atoms with Gasteiger partial charge >= 0.3 is 0 Å².